The summed E-state index contributed by atoms with van der Waals surface area (Å²) in [5.74, 6) is 7.90. The Labute approximate surface area is 88.7 Å². The molecule has 0 amide bonds. The first-order valence-corrected chi connectivity index (χ1v) is 5.42. The minimum atomic E-state index is 0.683. The Hall–Kier alpha value is -1.36. The summed E-state index contributed by atoms with van der Waals surface area (Å²) in [5, 5.41) is 0. The van der Waals surface area contributed by atoms with Crippen LogP contribution in [0.15, 0.2) is 12.4 Å². The van der Waals surface area contributed by atoms with Crippen molar-refractivity contribution in [1.29, 1.82) is 0 Å². The number of nitrogens with one attached hydrogen (secondary N) is 1. The van der Waals surface area contributed by atoms with Gasteiger partial charge in [0.05, 0.1) is 0 Å². The van der Waals surface area contributed by atoms with Crippen molar-refractivity contribution in [3.63, 3.8) is 0 Å². The van der Waals surface area contributed by atoms with Gasteiger partial charge in [-0.05, 0) is 25.2 Å². The predicted molar refractivity (Wildman–Crippen MR) is 58.3 cm³/mol. The summed E-state index contributed by atoms with van der Waals surface area (Å²) in [6.07, 6.45) is 5.58. The summed E-state index contributed by atoms with van der Waals surface area (Å²) in [7, 11) is 0. The molecule has 2 aliphatic rings. The smallest absolute Gasteiger partial charge is 0.145 e. The Morgan fingerprint density at radius 3 is 3.00 bits per heavy atom. The van der Waals surface area contributed by atoms with Crippen molar-refractivity contribution in [2.75, 3.05) is 16.9 Å². The fourth-order valence-corrected chi connectivity index (χ4v) is 2.79. The molecule has 80 valence electrons. The van der Waals surface area contributed by atoms with Crippen LogP contribution < -0.4 is 16.2 Å². The van der Waals surface area contributed by atoms with E-state index in [1.807, 2.05) is 6.07 Å². The van der Waals surface area contributed by atoms with Gasteiger partial charge in [0.2, 0.25) is 0 Å². The Morgan fingerprint density at radius 2 is 2.33 bits per heavy atom. The summed E-state index contributed by atoms with van der Waals surface area (Å²) in [5.41, 5.74) is 2.56. The van der Waals surface area contributed by atoms with E-state index in [4.69, 9.17) is 5.84 Å². The van der Waals surface area contributed by atoms with Gasteiger partial charge in [0, 0.05) is 18.7 Å². The second-order valence-corrected chi connectivity index (χ2v) is 4.39. The standard InChI is InChI=1S/C10H15N5/c11-14-9-4-10(13-6-12-9)15-5-7-1-2-8(15)3-7/h4,6-8H,1-3,5,11H2,(H,12,13,14). The SMILES string of the molecule is NNc1cc(N2CC3CCC2C3)ncn1. The van der Waals surface area contributed by atoms with E-state index in [2.05, 4.69) is 20.3 Å². The second kappa shape index (κ2) is 3.34. The number of anilines is 2. The molecule has 2 bridgehead atoms. The molecule has 2 fully saturated rings. The van der Waals surface area contributed by atoms with Crippen molar-refractivity contribution in [1.82, 2.24) is 9.97 Å². The number of nitrogen functional groups attached to an aromatic ring is 1. The lowest BCUT2D eigenvalue weighted by Crippen LogP contribution is -2.32. The van der Waals surface area contributed by atoms with E-state index >= 15 is 0 Å². The maximum absolute atomic E-state index is 5.33. The third-order valence-corrected chi connectivity index (χ3v) is 3.50. The zero-order chi connectivity index (χ0) is 10.3. The molecule has 1 aromatic rings. The topological polar surface area (TPSA) is 67.1 Å². The molecule has 2 atom stereocenters. The minimum absolute atomic E-state index is 0.683. The lowest BCUT2D eigenvalue weighted by molar-refractivity contribution is 0.550. The third-order valence-electron chi connectivity index (χ3n) is 3.50. The molecule has 3 N–H and O–H groups in total. The Kier molecular flexibility index (Phi) is 1.98. The Morgan fingerprint density at radius 1 is 1.40 bits per heavy atom. The lowest BCUT2D eigenvalue weighted by atomic mass is 10.1. The highest BCUT2D eigenvalue weighted by atomic mass is 15.3. The highest BCUT2D eigenvalue weighted by Gasteiger charge is 2.38. The van der Waals surface area contributed by atoms with Gasteiger partial charge in [-0.1, -0.05) is 0 Å². The maximum Gasteiger partial charge on any atom is 0.145 e. The average molecular weight is 205 g/mol. The molecule has 0 aromatic carbocycles. The molecule has 0 radical (unpaired) electrons. The number of rotatable bonds is 2. The Balaban J connectivity index is 1.86. The number of hydrazine groups is 1. The van der Waals surface area contributed by atoms with E-state index in [1.54, 1.807) is 6.33 Å². The van der Waals surface area contributed by atoms with Gasteiger partial charge in [-0.25, -0.2) is 15.8 Å². The molecule has 1 aliphatic carbocycles. The van der Waals surface area contributed by atoms with Crippen molar-refractivity contribution < 1.29 is 0 Å². The fourth-order valence-electron chi connectivity index (χ4n) is 2.79. The zero-order valence-electron chi connectivity index (χ0n) is 8.56. The van der Waals surface area contributed by atoms with Crippen LogP contribution in [0.25, 0.3) is 0 Å². The normalized spacial score (nSPS) is 28.5. The van der Waals surface area contributed by atoms with Crippen LogP contribution >= 0.6 is 0 Å². The van der Waals surface area contributed by atoms with E-state index in [9.17, 15) is 0 Å². The van der Waals surface area contributed by atoms with E-state index in [1.165, 1.54) is 19.3 Å². The molecule has 2 heterocycles. The van der Waals surface area contributed by atoms with Crippen LogP contribution in [-0.2, 0) is 0 Å². The zero-order valence-corrected chi connectivity index (χ0v) is 8.56. The number of nitrogens with zero attached hydrogens (tertiary/aromatic N) is 3. The first-order chi connectivity index (χ1) is 7.36. The largest absolute Gasteiger partial charge is 0.353 e. The van der Waals surface area contributed by atoms with Crippen LogP contribution in [0.3, 0.4) is 0 Å². The van der Waals surface area contributed by atoms with Crippen LogP contribution in [0, 0.1) is 5.92 Å². The monoisotopic (exact) mass is 205 g/mol. The number of hydrogen-bond donors (Lipinski definition) is 2. The van der Waals surface area contributed by atoms with Gasteiger partial charge in [0.15, 0.2) is 0 Å². The van der Waals surface area contributed by atoms with Crippen molar-refractivity contribution in [3.05, 3.63) is 12.4 Å². The molecular formula is C10H15N5. The maximum atomic E-state index is 5.33. The first-order valence-electron chi connectivity index (χ1n) is 5.42. The van der Waals surface area contributed by atoms with Crippen molar-refractivity contribution in [2.24, 2.45) is 11.8 Å². The second-order valence-electron chi connectivity index (χ2n) is 4.39. The van der Waals surface area contributed by atoms with Crippen LogP contribution in [-0.4, -0.2) is 22.6 Å². The average Bonchev–Trinajstić information content (AvgIpc) is 2.91. The molecule has 1 aromatic heterocycles. The summed E-state index contributed by atoms with van der Waals surface area (Å²) in [4.78, 5) is 10.7. The molecule has 3 rings (SSSR count). The molecule has 0 spiro atoms. The lowest BCUT2D eigenvalue weighted by Gasteiger charge is -2.27. The Bertz CT molecular complexity index is 367. The molecular weight excluding hydrogens is 190 g/mol. The van der Waals surface area contributed by atoms with Crippen LogP contribution in [0.1, 0.15) is 19.3 Å². The number of hydrogen-bond acceptors (Lipinski definition) is 5. The van der Waals surface area contributed by atoms with E-state index in [0.717, 1.165) is 18.3 Å². The van der Waals surface area contributed by atoms with Gasteiger partial charge in [0.1, 0.15) is 18.0 Å². The molecule has 1 saturated heterocycles. The van der Waals surface area contributed by atoms with Gasteiger partial charge >= 0.3 is 0 Å². The van der Waals surface area contributed by atoms with Crippen LogP contribution in [0.2, 0.25) is 0 Å². The van der Waals surface area contributed by atoms with Crippen LogP contribution in [0.4, 0.5) is 11.6 Å². The summed E-state index contributed by atoms with van der Waals surface area (Å²) >= 11 is 0. The third kappa shape index (κ3) is 1.43. The number of nitrogens with two attached hydrogens (primary N) is 1. The molecule has 2 unspecified atom stereocenters. The van der Waals surface area contributed by atoms with E-state index < -0.39 is 0 Å². The summed E-state index contributed by atoms with van der Waals surface area (Å²) in [6.45, 7) is 1.14. The molecule has 5 nitrogen and oxygen atoms in total. The molecule has 1 aliphatic heterocycles. The van der Waals surface area contributed by atoms with Crippen molar-refractivity contribution in [3.8, 4) is 0 Å². The highest BCUT2D eigenvalue weighted by molar-refractivity contribution is 5.49. The summed E-state index contributed by atoms with van der Waals surface area (Å²) in [6, 6.07) is 2.61. The van der Waals surface area contributed by atoms with Gasteiger partial charge in [-0.2, -0.15) is 0 Å². The van der Waals surface area contributed by atoms with Gasteiger partial charge in [-0.15, -0.1) is 0 Å². The first kappa shape index (κ1) is 8.91. The van der Waals surface area contributed by atoms with Crippen molar-refractivity contribution >= 4 is 11.6 Å². The van der Waals surface area contributed by atoms with Crippen molar-refractivity contribution in [2.45, 2.75) is 25.3 Å². The van der Waals surface area contributed by atoms with Gasteiger partial charge in [0.25, 0.3) is 0 Å². The van der Waals surface area contributed by atoms with Crippen LogP contribution in [0.5, 0.6) is 0 Å². The number of piperidine rings is 1. The minimum Gasteiger partial charge on any atom is -0.353 e. The van der Waals surface area contributed by atoms with E-state index in [-0.39, 0.29) is 0 Å². The fraction of sp³-hybridized carbons (Fsp3) is 0.600. The van der Waals surface area contributed by atoms with Gasteiger partial charge in [-0.3, -0.25) is 0 Å². The summed E-state index contributed by atoms with van der Waals surface area (Å²) < 4.78 is 0. The quantitative estimate of drug-likeness (QED) is 0.551. The van der Waals surface area contributed by atoms with Gasteiger partial charge < -0.3 is 10.3 Å². The number of aromatic nitrogens is 2. The molecule has 15 heavy (non-hydrogen) atoms. The van der Waals surface area contributed by atoms with E-state index in [0.29, 0.717) is 11.9 Å². The molecule has 5 heteroatoms. The number of fused-ring (bicyclic) bond motifs is 2. The highest BCUT2D eigenvalue weighted by Crippen LogP contribution is 2.39. The predicted octanol–water partition coefficient (Wildman–Crippen LogP) is 0.751. The molecule has 1 saturated carbocycles.